The number of hydrogen-bond acceptors (Lipinski definition) is 7. The predicted octanol–water partition coefficient (Wildman–Crippen LogP) is 2.12. The Kier molecular flexibility index (Phi) is 9.72. The lowest BCUT2D eigenvalue weighted by Crippen LogP contribution is -2.46. The molecular weight excluding hydrogens is 584 g/mol. The first-order chi connectivity index (χ1) is 22.4. The van der Waals surface area contributed by atoms with Crippen molar-refractivity contribution in [1.29, 1.82) is 0 Å². The van der Waals surface area contributed by atoms with Crippen LogP contribution in [0, 0.1) is 0 Å². The molecule has 0 bridgehead atoms. The second kappa shape index (κ2) is 14.2. The summed E-state index contributed by atoms with van der Waals surface area (Å²) < 4.78 is 5.39. The molecule has 2 fully saturated rings. The van der Waals surface area contributed by atoms with E-state index >= 15 is 0 Å². The van der Waals surface area contributed by atoms with Crippen molar-refractivity contribution in [3.05, 3.63) is 89.5 Å². The molecule has 0 aromatic heterocycles. The first-order valence-electron chi connectivity index (χ1n) is 15.9. The summed E-state index contributed by atoms with van der Waals surface area (Å²) in [7, 11) is 0. The van der Waals surface area contributed by atoms with Crippen LogP contribution in [-0.2, 0) is 9.53 Å². The fraction of sp³-hybridized carbons (Fsp3) is 0.371. The number of nitrogens with two attached hydrogens (primary N) is 1. The second-order valence-corrected chi connectivity index (χ2v) is 11.9. The highest BCUT2D eigenvalue weighted by molar-refractivity contribution is 6.12. The number of amides is 4. The van der Waals surface area contributed by atoms with E-state index in [0.29, 0.717) is 23.4 Å². The number of rotatable bonds is 10. The third-order valence-electron chi connectivity index (χ3n) is 8.88. The number of anilines is 1. The summed E-state index contributed by atoms with van der Waals surface area (Å²) in [5, 5.41) is 5.98. The van der Waals surface area contributed by atoms with E-state index in [4.69, 9.17) is 10.5 Å². The molecule has 2 saturated heterocycles. The third kappa shape index (κ3) is 6.81. The minimum absolute atomic E-state index is 0.178. The largest absolute Gasteiger partial charge is 0.379 e. The molecule has 3 heterocycles. The van der Waals surface area contributed by atoms with Crippen molar-refractivity contribution in [3.63, 3.8) is 0 Å². The molecule has 0 saturated carbocycles. The van der Waals surface area contributed by atoms with Gasteiger partial charge in [-0.3, -0.25) is 24.1 Å². The third-order valence-corrected chi connectivity index (χ3v) is 8.88. The number of carbonyl (C=O) groups excluding carboxylic acids is 4. The van der Waals surface area contributed by atoms with Crippen LogP contribution < -0.4 is 21.3 Å². The summed E-state index contributed by atoms with van der Waals surface area (Å²) in [6, 6.07) is 20.9. The molecule has 46 heavy (non-hydrogen) atoms. The number of fused-ring (bicyclic) bond motifs is 2. The molecule has 4 amide bonds. The Morgan fingerprint density at radius 1 is 0.870 bits per heavy atom. The fourth-order valence-corrected chi connectivity index (χ4v) is 6.44. The molecule has 4 N–H and O–H groups in total. The Labute approximate surface area is 268 Å². The van der Waals surface area contributed by atoms with Crippen LogP contribution in [0.1, 0.15) is 43.9 Å². The molecule has 240 valence electrons. The number of hydrogen-bond donors (Lipinski definition) is 3. The van der Waals surface area contributed by atoms with Crippen LogP contribution >= 0.6 is 0 Å². The number of benzene rings is 3. The van der Waals surface area contributed by atoms with Crippen LogP contribution in [0.4, 0.5) is 5.69 Å². The van der Waals surface area contributed by atoms with Gasteiger partial charge in [0, 0.05) is 56.4 Å². The quantitative estimate of drug-likeness (QED) is 0.294. The highest BCUT2D eigenvalue weighted by Gasteiger charge is 2.46. The van der Waals surface area contributed by atoms with Crippen LogP contribution in [0.25, 0.3) is 11.1 Å². The Morgan fingerprint density at radius 2 is 1.59 bits per heavy atom. The van der Waals surface area contributed by atoms with E-state index in [1.54, 1.807) is 30.3 Å². The molecule has 0 aliphatic carbocycles. The predicted molar refractivity (Wildman–Crippen MR) is 175 cm³/mol. The van der Waals surface area contributed by atoms with Crippen LogP contribution in [0.5, 0.6) is 0 Å². The van der Waals surface area contributed by atoms with Crippen molar-refractivity contribution in [1.82, 2.24) is 20.4 Å². The van der Waals surface area contributed by atoms with Gasteiger partial charge in [-0.2, -0.15) is 0 Å². The van der Waals surface area contributed by atoms with Crippen LogP contribution in [0.2, 0.25) is 0 Å². The number of morpholine rings is 1. The Hall–Kier alpha value is -4.58. The van der Waals surface area contributed by atoms with Crippen molar-refractivity contribution < 1.29 is 23.9 Å². The van der Waals surface area contributed by atoms with E-state index in [2.05, 4.69) is 15.5 Å². The number of nitrogens with one attached hydrogen (secondary N) is 2. The van der Waals surface area contributed by atoms with Gasteiger partial charge in [-0.1, -0.05) is 42.5 Å². The zero-order chi connectivity index (χ0) is 32.0. The number of nitrogens with zero attached hydrogens (tertiary/aromatic N) is 3. The summed E-state index contributed by atoms with van der Waals surface area (Å²) >= 11 is 0. The summed E-state index contributed by atoms with van der Waals surface area (Å²) in [5.41, 5.74) is 9.50. The molecule has 6 rings (SSSR count). The van der Waals surface area contributed by atoms with Gasteiger partial charge in [0.15, 0.2) is 0 Å². The van der Waals surface area contributed by atoms with Crippen molar-refractivity contribution in [2.24, 2.45) is 5.73 Å². The van der Waals surface area contributed by atoms with Gasteiger partial charge in [0.05, 0.1) is 24.5 Å². The number of carbonyl (C=O) groups is 4. The highest BCUT2D eigenvalue weighted by Crippen LogP contribution is 2.33. The van der Waals surface area contributed by atoms with Crippen molar-refractivity contribution in [2.75, 3.05) is 63.9 Å². The van der Waals surface area contributed by atoms with Crippen molar-refractivity contribution in [2.45, 2.75) is 24.9 Å². The first-order valence-corrected chi connectivity index (χ1v) is 15.9. The molecule has 3 aliphatic rings. The summed E-state index contributed by atoms with van der Waals surface area (Å²) in [6.45, 7) is 5.22. The van der Waals surface area contributed by atoms with Gasteiger partial charge >= 0.3 is 0 Å². The average molecular weight is 625 g/mol. The molecule has 3 aliphatic heterocycles. The van der Waals surface area contributed by atoms with E-state index < -0.39 is 12.1 Å². The molecule has 0 radical (unpaired) electrons. The Morgan fingerprint density at radius 3 is 2.33 bits per heavy atom. The lowest BCUT2D eigenvalue weighted by atomic mass is 10.0. The lowest BCUT2D eigenvalue weighted by molar-refractivity contribution is -0.122. The molecule has 11 nitrogen and oxygen atoms in total. The van der Waals surface area contributed by atoms with Crippen LogP contribution in [0.3, 0.4) is 0 Å². The fourth-order valence-electron chi connectivity index (χ4n) is 6.44. The standard InChI is InChI=1S/C35H40N6O5/c36-13-16-40-30-12-11-27(32(42)37-14-4-15-39-17-19-46-20-18-39)21-29(30)34(44)41-23-28(22-31(41)35(40)45)38-33(43)26-9-7-25(8-10-26)24-5-2-1-3-6-24/h1-3,5-12,21,28,31H,4,13-20,22-23,36H2,(H,37,42)(H,38,43)/t28-,31-/m0/s1. The molecular formula is C35H40N6O5. The van der Waals surface area contributed by atoms with Crippen LogP contribution in [-0.4, -0.2) is 105 Å². The van der Waals surface area contributed by atoms with E-state index in [1.807, 2.05) is 42.5 Å². The zero-order valence-corrected chi connectivity index (χ0v) is 25.8. The monoisotopic (exact) mass is 624 g/mol. The maximum absolute atomic E-state index is 14.0. The summed E-state index contributed by atoms with van der Waals surface area (Å²) in [5.74, 6) is -1.14. The molecule has 3 aromatic carbocycles. The topological polar surface area (TPSA) is 137 Å². The highest BCUT2D eigenvalue weighted by atomic mass is 16.5. The molecule has 0 spiro atoms. The molecule has 3 aromatic rings. The maximum Gasteiger partial charge on any atom is 0.256 e. The van der Waals surface area contributed by atoms with Gasteiger partial charge in [-0.15, -0.1) is 0 Å². The van der Waals surface area contributed by atoms with E-state index in [9.17, 15) is 19.2 Å². The lowest BCUT2D eigenvalue weighted by Gasteiger charge is -2.26. The summed E-state index contributed by atoms with van der Waals surface area (Å²) in [6.07, 6.45) is 1.08. The maximum atomic E-state index is 14.0. The van der Waals surface area contributed by atoms with Gasteiger partial charge in [0.1, 0.15) is 6.04 Å². The average Bonchev–Trinajstić information content (AvgIpc) is 3.50. The van der Waals surface area contributed by atoms with Gasteiger partial charge in [-0.05, 0) is 60.8 Å². The van der Waals surface area contributed by atoms with Gasteiger partial charge in [-0.25, -0.2) is 0 Å². The van der Waals surface area contributed by atoms with Crippen LogP contribution in [0.15, 0.2) is 72.8 Å². The van der Waals surface area contributed by atoms with Gasteiger partial charge in [0.25, 0.3) is 17.7 Å². The molecule has 0 unspecified atom stereocenters. The normalized spacial score (nSPS) is 19.8. The minimum Gasteiger partial charge on any atom is -0.379 e. The molecule has 2 atom stereocenters. The Bertz CT molecular complexity index is 1570. The second-order valence-electron chi connectivity index (χ2n) is 11.9. The smallest absolute Gasteiger partial charge is 0.256 e. The minimum atomic E-state index is -0.755. The van der Waals surface area contributed by atoms with E-state index in [0.717, 1.165) is 50.4 Å². The number of ether oxygens (including phenoxy) is 1. The first kappa shape index (κ1) is 31.4. The SMILES string of the molecule is NCCN1C(=O)[C@@H]2C[C@H](NC(=O)c3ccc(-c4ccccc4)cc3)CN2C(=O)c2cc(C(=O)NCCCN3CCOCC3)ccc21. The Balaban J connectivity index is 1.13. The zero-order valence-electron chi connectivity index (χ0n) is 25.8. The van der Waals surface area contributed by atoms with Gasteiger partial charge < -0.3 is 30.9 Å². The van der Waals surface area contributed by atoms with Crippen molar-refractivity contribution in [3.8, 4) is 11.1 Å². The molecule has 11 heteroatoms. The summed E-state index contributed by atoms with van der Waals surface area (Å²) in [4.78, 5) is 59.4. The van der Waals surface area contributed by atoms with E-state index in [-0.39, 0.29) is 55.2 Å². The van der Waals surface area contributed by atoms with Crippen molar-refractivity contribution >= 4 is 29.3 Å². The van der Waals surface area contributed by atoms with E-state index in [1.165, 1.54) is 9.80 Å². The van der Waals surface area contributed by atoms with Gasteiger partial charge in [0.2, 0.25) is 5.91 Å².